The first-order valence-electron chi connectivity index (χ1n) is 9.14. The Morgan fingerprint density at radius 2 is 1.75 bits per heavy atom. The molecule has 2 aromatic rings. The molecule has 1 atom stereocenters. The lowest BCUT2D eigenvalue weighted by atomic mass is 10.1. The lowest BCUT2D eigenvalue weighted by Gasteiger charge is -2.21. The summed E-state index contributed by atoms with van der Waals surface area (Å²) >= 11 is 0. The third kappa shape index (κ3) is 3.98. The van der Waals surface area contributed by atoms with E-state index in [9.17, 15) is 14.4 Å². The highest BCUT2D eigenvalue weighted by atomic mass is 16.5. The normalized spacial score (nSPS) is 16.4. The van der Waals surface area contributed by atoms with Gasteiger partial charge in [0.1, 0.15) is 11.8 Å². The van der Waals surface area contributed by atoms with Gasteiger partial charge in [0.05, 0.1) is 19.2 Å². The van der Waals surface area contributed by atoms with Crippen LogP contribution in [0.2, 0.25) is 0 Å². The van der Waals surface area contributed by atoms with Crippen LogP contribution in [0.4, 0.5) is 10.5 Å². The Balaban J connectivity index is 1.89. The number of carbonyl (C=O) groups excluding carboxylic acids is 3. The number of urea groups is 1. The summed E-state index contributed by atoms with van der Waals surface area (Å²) in [5, 5.41) is 2.70. The van der Waals surface area contributed by atoms with E-state index in [0.717, 1.165) is 10.5 Å². The number of ether oxygens (including phenoxy) is 1. The molecule has 1 aliphatic rings. The van der Waals surface area contributed by atoms with Crippen LogP contribution in [-0.2, 0) is 16.1 Å². The van der Waals surface area contributed by atoms with Crippen molar-refractivity contribution in [2.45, 2.75) is 25.9 Å². The van der Waals surface area contributed by atoms with E-state index in [0.29, 0.717) is 18.0 Å². The molecule has 1 saturated heterocycles. The highest BCUT2D eigenvalue weighted by Gasteiger charge is 2.46. The number of hydrogen-bond donors (Lipinski definition) is 1. The van der Waals surface area contributed by atoms with Crippen molar-refractivity contribution in [1.29, 1.82) is 0 Å². The smallest absolute Gasteiger partial charge is 0.332 e. The molecular weight excluding hydrogens is 358 g/mol. The molecule has 7 nitrogen and oxygen atoms in total. The SMILES string of the molecule is CCNC(=O)C[C@@H]1C(=O)N(c2ccccc2)C(=O)N1Cc1ccc(OC)cc1. The fourth-order valence-electron chi connectivity index (χ4n) is 3.20. The van der Waals surface area contributed by atoms with Crippen LogP contribution >= 0.6 is 0 Å². The van der Waals surface area contributed by atoms with Gasteiger partial charge < -0.3 is 15.0 Å². The van der Waals surface area contributed by atoms with Crippen molar-refractivity contribution in [1.82, 2.24) is 10.2 Å². The zero-order valence-corrected chi connectivity index (χ0v) is 15.9. The molecule has 3 rings (SSSR count). The zero-order valence-electron chi connectivity index (χ0n) is 15.9. The summed E-state index contributed by atoms with van der Waals surface area (Å²) in [5.74, 6) is 0.0524. The standard InChI is InChI=1S/C21H23N3O4/c1-3-22-19(25)13-18-20(26)24(16-7-5-4-6-8-16)21(27)23(18)14-15-9-11-17(28-2)12-10-15/h4-12,18H,3,13-14H2,1-2H3,(H,22,25)/t18-/m1/s1. The Morgan fingerprint density at radius 1 is 1.07 bits per heavy atom. The van der Waals surface area contributed by atoms with Crippen LogP contribution in [0.1, 0.15) is 18.9 Å². The lowest BCUT2D eigenvalue weighted by molar-refractivity contribution is -0.127. The second kappa shape index (κ2) is 8.56. The van der Waals surface area contributed by atoms with Crippen LogP contribution < -0.4 is 15.0 Å². The van der Waals surface area contributed by atoms with Crippen LogP contribution in [-0.4, -0.2) is 42.4 Å². The van der Waals surface area contributed by atoms with Crippen LogP contribution in [0, 0.1) is 0 Å². The number of carbonyl (C=O) groups is 3. The first-order valence-corrected chi connectivity index (χ1v) is 9.14. The molecule has 0 unspecified atom stereocenters. The number of para-hydroxylation sites is 1. The van der Waals surface area contributed by atoms with Gasteiger partial charge in [-0.2, -0.15) is 0 Å². The van der Waals surface area contributed by atoms with Gasteiger partial charge in [-0.15, -0.1) is 0 Å². The highest BCUT2D eigenvalue weighted by Crippen LogP contribution is 2.28. The summed E-state index contributed by atoms with van der Waals surface area (Å²) in [6.45, 7) is 2.50. The monoisotopic (exact) mass is 381 g/mol. The molecule has 0 radical (unpaired) electrons. The molecule has 7 heteroatoms. The largest absolute Gasteiger partial charge is 0.497 e. The van der Waals surface area contributed by atoms with Gasteiger partial charge in [0.25, 0.3) is 5.91 Å². The van der Waals surface area contributed by atoms with Gasteiger partial charge >= 0.3 is 6.03 Å². The molecule has 1 N–H and O–H groups in total. The second-order valence-corrected chi connectivity index (χ2v) is 6.44. The van der Waals surface area contributed by atoms with Gasteiger partial charge in [-0.1, -0.05) is 30.3 Å². The Bertz CT molecular complexity index is 852. The van der Waals surface area contributed by atoms with Crippen LogP contribution in [0.5, 0.6) is 5.75 Å². The maximum Gasteiger partial charge on any atom is 0.332 e. The van der Waals surface area contributed by atoms with E-state index in [1.165, 1.54) is 4.90 Å². The van der Waals surface area contributed by atoms with E-state index < -0.39 is 18.0 Å². The minimum Gasteiger partial charge on any atom is -0.497 e. The summed E-state index contributed by atoms with van der Waals surface area (Å²) < 4.78 is 5.16. The summed E-state index contributed by atoms with van der Waals surface area (Å²) in [5.41, 5.74) is 1.34. The van der Waals surface area contributed by atoms with Crippen LogP contribution in [0.25, 0.3) is 0 Å². The predicted octanol–water partition coefficient (Wildman–Crippen LogP) is 2.56. The molecule has 1 aliphatic heterocycles. The number of nitrogens with one attached hydrogen (secondary N) is 1. The third-order valence-corrected chi connectivity index (χ3v) is 4.60. The molecule has 1 fully saturated rings. The molecule has 4 amide bonds. The van der Waals surface area contributed by atoms with Crippen molar-refractivity contribution < 1.29 is 19.1 Å². The van der Waals surface area contributed by atoms with Gasteiger partial charge in [0.15, 0.2) is 0 Å². The van der Waals surface area contributed by atoms with E-state index in [2.05, 4.69) is 5.32 Å². The van der Waals surface area contributed by atoms with E-state index in [-0.39, 0.29) is 18.9 Å². The number of rotatable bonds is 7. The quantitative estimate of drug-likeness (QED) is 0.748. The molecule has 146 valence electrons. The predicted molar refractivity (Wildman–Crippen MR) is 105 cm³/mol. The molecule has 0 saturated carbocycles. The van der Waals surface area contributed by atoms with Crippen molar-refractivity contribution >= 4 is 23.5 Å². The number of methoxy groups -OCH3 is 1. The third-order valence-electron chi connectivity index (χ3n) is 4.60. The van der Waals surface area contributed by atoms with Crippen LogP contribution in [0.15, 0.2) is 54.6 Å². The first-order chi connectivity index (χ1) is 13.5. The summed E-state index contributed by atoms with van der Waals surface area (Å²) in [6.07, 6.45) is -0.0715. The number of anilines is 1. The Kier molecular flexibility index (Phi) is 5.93. The highest BCUT2D eigenvalue weighted by molar-refractivity contribution is 6.22. The van der Waals surface area contributed by atoms with Gasteiger partial charge in [-0.25, -0.2) is 9.69 Å². The summed E-state index contributed by atoms with van der Waals surface area (Å²) in [6, 6.07) is 14.7. The topological polar surface area (TPSA) is 79.0 Å². The molecule has 0 aliphatic carbocycles. The minimum atomic E-state index is -0.846. The molecule has 0 aromatic heterocycles. The molecule has 28 heavy (non-hydrogen) atoms. The van der Waals surface area contributed by atoms with Crippen molar-refractivity contribution in [3.63, 3.8) is 0 Å². The number of benzene rings is 2. The fraction of sp³-hybridized carbons (Fsp3) is 0.286. The van der Waals surface area contributed by atoms with Gasteiger partial charge in [0.2, 0.25) is 5.91 Å². The molecule has 0 bridgehead atoms. The van der Waals surface area contributed by atoms with E-state index in [1.807, 2.05) is 25.1 Å². The summed E-state index contributed by atoms with van der Waals surface area (Å²) in [4.78, 5) is 40.8. The maximum absolute atomic E-state index is 13.1. The molecule has 2 aromatic carbocycles. The fourth-order valence-corrected chi connectivity index (χ4v) is 3.20. The van der Waals surface area contributed by atoms with Gasteiger partial charge in [0, 0.05) is 13.1 Å². The van der Waals surface area contributed by atoms with Crippen molar-refractivity contribution in [3.05, 3.63) is 60.2 Å². The van der Waals surface area contributed by atoms with Crippen molar-refractivity contribution in [2.24, 2.45) is 0 Å². The van der Waals surface area contributed by atoms with Gasteiger partial charge in [-0.3, -0.25) is 9.59 Å². The average molecular weight is 381 g/mol. The molecule has 0 spiro atoms. The number of nitrogens with zero attached hydrogens (tertiary/aromatic N) is 2. The Hall–Kier alpha value is -3.35. The van der Waals surface area contributed by atoms with Crippen molar-refractivity contribution in [3.8, 4) is 5.75 Å². The van der Waals surface area contributed by atoms with E-state index in [4.69, 9.17) is 4.74 Å². The zero-order chi connectivity index (χ0) is 20.1. The lowest BCUT2D eigenvalue weighted by Crippen LogP contribution is -2.39. The number of imide groups is 1. The number of amides is 4. The average Bonchev–Trinajstić information content (AvgIpc) is 2.93. The number of hydrogen-bond acceptors (Lipinski definition) is 4. The summed E-state index contributed by atoms with van der Waals surface area (Å²) in [7, 11) is 1.58. The Labute approximate surface area is 163 Å². The van der Waals surface area contributed by atoms with Crippen molar-refractivity contribution in [2.75, 3.05) is 18.6 Å². The Morgan fingerprint density at radius 3 is 2.36 bits per heavy atom. The van der Waals surface area contributed by atoms with E-state index >= 15 is 0 Å². The first kappa shape index (κ1) is 19.4. The van der Waals surface area contributed by atoms with Crippen LogP contribution in [0.3, 0.4) is 0 Å². The molecule has 1 heterocycles. The maximum atomic E-state index is 13.1. The van der Waals surface area contributed by atoms with E-state index in [1.54, 1.807) is 43.5 Å². The minimum absolute atomic E-state index is 0.0715. The molecular formula is C21H23N3O4. The second-order valence-electron chi connectivity index (χ2n) is 6.44. The van der Waals surface area contributed by atoms with Gasteiger partial charge in [-0.05, 0) is 36.8 Å².